The van der Waals surface area contributed by atoms with Crippen LogP contribution in [0.2, 0.25) is 0 Å². The Labute approximate surface area is 188 Å². The summed E-state index contributed by atoms with van der Waals surface area (Å²) in [5.41, 5.74) is 0.745. The van der Waals surface area contributed by atoms with Gasteiger partial charge in [0.1, 0.15) is 11.4 Å². The summed E-state index contributed by atoms with van der Waals surface area (Å²) in [6.45, 7) is 4.51. The molecule has 0 bridgehead atoms. The average Bonchev–Trinajstić information content (AvgIpc) is 2.78. The summed E-state index contributed by atoms with van der Waals surface area (Å²) in [4.78, 5) is 29.7. The summed E-state index contributed by atoms with van der Waals surface area (Å²) in [5, 5.41) is 11.2. The molecule has 0 unspecified atom stereocenters. The van der Waals surface area contributed by atoms with Gasteiger partial charge in [-0.25, -0.2) is 0 Å². The van der Waals surface area contributed by atoms with Crippen molar-refractivity contribution in [2.45, 2.75) is 51.4 Å². The first-order valence-electron chi connectivity index (χ1n) is 11.9. The van der Waals surface area contributed by atoms with E-state index >= 15 is 0 Å². The summed E-state index contributed by atoms with van der Waals surface area (Å²) in [6, 6.07) is 7.50. The lowest BCUT2D eigenvalue weighted by molar-refractivity contribution is -0.121. The highest BCUT2D eigenvalue weighted by Crippen LogP contribution is 2.27. The smallest absolute Gasteiger partial charge is 0.273 e. The van der Waals surface area contributed by atoms with Gasteiger partial charge in [0.2, 0.25) is 5.91 Å². The van der Waals surface area contributed by atoms with Crippen molar-refractivity contribution < 1.29 is 9.53 Å². The third kappa shape index (κ3) is 6.38. The molecule has 0 spiro atoms. The number of nitrogens with zero attached hydrogens (tertiary/aromatic N) is 3. The van der Waals surface area contributed by atoms with Crippen molar-refractivity contribution in [2.24, 2.45) is 5.92 Å². The van der Waals surface area contributed by atoms with E-state index in [0.29, 0.717) is 18.3 Å². The molecule has 2 aliphatic rings. The minimum atomic E-state index is -0.304. The van der Waals surface area contributed by atoms with E-state index in [9.17, 15) is 9.59 Å². The number of ether oxygens (including phenoxy) is 1. The number of H-pyrrole nitrogens is 1. The first-order chi connectivity index (χ1) is 15.7. The predicted octanol–water partition coefficient (Wildman–Crippen LogP) is 2.55. The monoisotopic (exact) mass is 439 g/mol. The average molecular weight is 440 g/mol. The van der Waals surface area contributed by atoms with Crippen LogP contribution in [0.1, 0.15) is 50.6 Å². The summed E-state index contributed by atoms with van der Waals surface area (Å²) in [5.74, 6) is 1.85. The molecule has 2 heterocycles. The van der Waals surface area contributed by atoms with Crippen LogP contribution in [0.4, 0.5) is 0 Å². The lowest BCUT2D eigenvalue weighted by Crippen LogP contribution is -2.37. The van der Waals surface area contributed by atoms with Crippen molar-refractivity contribution in [3.8, 4) is 17.1 Å². The molecule has 0 atom stereocenters. The minimum absolute atomic E-state index is 0.0650. The Kier molecular flexibility index (Phi) is 7.87. The van der Waals surface area contributed by atoms with Gasteiger partial charge < -0.3 is 19.9 Å². The third-order valence-electron chi connectivity index (χ3n) is 6.39. The lowest BCUT2D eigenvalue weighted by Gasteiger charge is -2.26. The second-order valence-corrected chi connectivity index (χ2v) is 8.83. The van der Waals surface area contributed by atoms with Gasteiger partial charge in [-0.05, 0) is 69.0 Å². The van der Waals surface area contributed by atoms with Crippen LogP contribution >= 0.6 is 0 Å². The highest BCUT2D eigenvalue weighted by Gasteiger charge is 2.18. The minimum Gasteiger partial charge on any atom is -0.493 e. The van der Waals surface area contributed by atoms with Gasteiger partial charge >= 0.3 is 0 Å². The fraction of sp³-hybridized carbons (Fsp3) is 0.583. The molecule has 172 valence electrons. The highest BCUT2D eigenvalue weighted by atomic mass is 16.5. The number of aromatic nitrogens is 3. The number of amides is 1. The fourth-order valence-electron chi connectivity index (χ4n) is 4.09. The normalized spacial score (nSPS) is 17.0. The van der Waals surface area contributed by atoms with E-state index in [2.05, 4.69) is 25.4 Å². The summed E-state index contributed by atoms with van der Waals surface area (Å²) in [6.07, 6.45) is 8.09. The van der Waals surface area contributed by atoms with Crippen LogP contribution in [0.5, 0.6) is 5.75 Å². The Morgan fingerprint density at radius 3 is 2.56 bits per heavy atom. The summed E-state index contributed by atoms with van der Waals surface area (Å²) >= 11 is 0. The van der Waals surface area contributed by atoms with Gasteiger partial charge in [-0.2, -0.15) is 0 Å². The molecule has 4 rings (SSSR count). The Bertz CT molecular complexity index is 933. The van der Waals surface area contributed by atoms with Gasteiger partial charge in [-0.3, -0.25) is 9.59 Å². The van der Waals surface area contributed by atoms with Gasteiger partial charge in [0.05, 0.1) is 6.61 Å². The van der Waals surface area contributed by atoms with Crippen molar-refractivity contribution in [3.63, 3.8) is 0 Å². The van der Waals surface area contributed by atoms with E-state index in [0.717, 1.165) is 37.6 Å². The van der Waals surface area contributed by atoms with E-state index in [-0.39, 0.29) is 30.0 Å². The molecule has 1 aliphatic heterocycles. The number of carbonyl (C=O) groups is 1. The number of likely N-dealkylation sites (tertiary alicyclic amines) is 1. The molecule has 8 nitrogen and oxygen atoms in total. The predicted molar refractivity (Wildman–Crippen MR) is 123 cm³/mol. The maximum atomic E-state index is 12.4. The SMILES string of the molecule is O=C(CCc1nnc(-c2ccc(OCC3CCC3)cc2)[nH]c1=O)NCCN1CCCCC1. The Morgan fingerprint density at radius 2 is 1.88 bits per heavy atom. The van der Waals surface area contributed by atoms with E-state index in [4.69, 9.17) is 4.74 Å². The summed E-state index contributed by atoms with van der Waals surface area (Å²) in [7, 11) is 0. The lowest BCUT2D eigenvalue weighted by atomic mass is 9.86. The zero-order valence-electron chi connectivity index (χ0n) is 18.6. The number of aryl methyl sites for hydroxylation is 1. The number of benzene rings is 1. The molecule has 2 fully saturated rings. The molecule has 2 N–H and O–H groups in total. The first-order valence-corrected chi connectivity index (χ1v) is 11.9. The fourth-order valence-corrected chi connectivity index (χ4v) is 4.09. The van der Waals surface area contributed by atoms with Crippen molar-refractivity contribution in [1.29, 1.82) is 0 Å². The molecule has 2 aromatic rings. The van der Waals surface area contributed by atoms with E-state index < -0.39 is 0 Å². The first kappa shape index (κ1) is 22.5. The van der Waals surface area contributed by atoms with Crippen LogP contribution in [-0.4, -0.2) is 58.8 Å². The van der Waals surface area contributed by atoms with Crippen molar-refractivity contribution in [2.75, 3.05) is 32.8 Å². The van der Waals surface area contributed by atoms with Crippen LogP contribution in [-0.2, 0) is 11.2 Å². The van der Waals surface area contributed by atoms with Gasteiger partial charge in [0.25, 0.3) is 5.56 Å². The maximum Gasteiger partial charge on any atom is 0.273 e. The quantitative estimate of drug-likeness (QED) is 0.590. The van der Waals surface area contributed by atoms with E-state index in [1.807, 2.05) is 24.3 Å². The second-order valence-electron chi connectivity index (χ2n) is 8.83. The van der Waals surface area contributed by atoms with Crippen LogP contribution in [0.15, 0.2) is 29.1 Å². The number of rotatable bonds is 10. The van der Waals surface area contributed by atoms with E-state index in [1.54, 1.807) is 0 Å². The largest absolute Gasteiger partial charge is 0.493 e. The third-order valence-corrected chi connectivity index (χ3v) is 6.39. The van der Waals surface area contributed by atoms with Crippen molar-refractivity contribution in [3.05, 3.63) is 40.3 Å². The molecule has 1 aromatic carbocycles. The molecule has 32 heavy (non-hydrogen) atoms. The molecular weight excluding hydrogens is 406 g/mol. The maximum absolute atomic E-state index is 12.4. The van der Waals surface area contributed by atoms with Gasteiger partial charge in [-0.15, -0.1) is 10.2 Å². The molecule has 1 saturated carbocycles. The van der Waals surface area contributed by atoms with Gasteiger partial charge in [-0.1, -0.05) is 12.8 Å². The van der Waals surface area contributed by atoms with Crippen LogP contribution in [0.3, 0.4) is 0 Å². The molecule has 0 radical (unpaired) electrons. The zero-order chi connectivity index (χ0) is 22.2. The molecule has 1 saturated heterocycles. The summed E-state index contributed by atoms with van der Waals surface area (Å²) < 4.78 is 5.81. The van der Waals surface area contributed by atoms with Gasteiger partial charge in [0.15, 0.2) is 5.82 Å². The number of aromatic amines is 1. The Balaban J connectivity index is 1.22. The van der Waals surface area contributed by atoms with Gasteiger partial charge in [0, 0.05) is 31.5 Å². The number of nitrogens with one attached hydrogen (secondary N) is 2. The van der Waals surface area contributed by atoms with Crippen molar-refractivity contribution in [1.82, 2.24) is 25.4 Å². The number of piperidine rings is 1. The Hall–Kier alpha value is -2.74. The van der Waals surface area contributed by atoms with Crippen LogP contribution in [0.25, 0.3) is 11.4 Å². The Morgan fingerprint density at radius 1 is 1.09 bits per heavy atom. The standard InChI is InChI=1S/C24H33N5O3/c30-22(25-13-16-29-14-2-1-3-15-29)12-11-21-24(31)26-23(28-27-21)19-7-9-20(10-8-19)32-17-18-5-4-6-18/h7-10,18H,1-6,11-17H2,(H,25,30)(H,26,28,31). The molecule has 8 heteroatoms. The molecule has 1 amide bonds. The molecule has 1 aromatic heterocycles. The number of carbonyl (C=O) groups excluding carboxylic acids is 1. The van der Waals surface area contributed by atoms with Crippen LogP contribution < -0.4 is 15.6 Å². The topological polar surface area (TPSA) is 100 Å². The highest BCUT2D eigenvalue weighted by molar-refractivity contribution is 5.76. The molecule has 1 aliphatic carbocycles. The second kappa shape index (κ2) is 11.2. The zero-order valence-corrected chi connectivity index (χ0v) is 18.6. The van der Waals surface area contributed by atoms with Crippen molar-refractivity contribution >= 4 is 5.91 Å². The number of hydrogen-bond acceptors (Lipinski definition) is 6. The molecular formula is C24H33N5O3. The van der Waals surface area contributed by atoms with Crippen LogP contribution in [0, 0.1) is 5.92 Å². The van der Waals surface area contributed by atoms with E-state index in [1.165, 1.54) is 38.5 Å². The number of hydrogen-bond donors (Lipinski definition) is 2.